The van der Waals surface area contributed by atoms with E-state index < -0.39 is 8.32 Å². The van der Waals surface area contributed by atoms with Crippen LogP contribution in [-0.2, 0) is 9.16 Å². The lowest BCUT2D eigenvalue weighted by Crippen LogP contribution is -2.47. The van der Waals surface area contributed by atoms with Crippen LogP contribution in [0.3, 0.4) is 0 Å². The summed E-state index contributed by atoms with van der Waals surface area (Å²) in [7, 11) is -1.81. The minimum Gasteiger partial charge on any atom is -0.411 e. The minimum absolute atomic E-state index is 0.0169. The van der Waals surface area contributed by atoms with Crippen LogP contribution in [0.15, 0.2) is 0 Å². The van der Waals surface area contributed by atoms with Gasteiger partial charge in [-0.25, -0.2) is 0 Å². The van der Waals surface area contributed by atoms with Gasteiger partial charge < -0.3 is 14.3 Å². The quantitative estimate of drug-likeness (QED) is 0.227. The van der Waals surface area contributed by atoms with Crippen molar-refractivity contribution in [2.24, 2.45) is 0 Å². The maximum absolute atomic E-state index is 9.43. The van der Waals surface area contributed by atoms with Gasteiger partial charge in [0.2, 0.25) is 0 Å². The van der Waals surface area contributed by atoms with Crippen LogP contribution in [-0.4, -0.2) is 38.3 Å². The number of aliphatic hydroxyl groups excluding tert-OH is 1. The molecule has 0 bridgehead atoms. The van der Waals surface area contributed by atoms with Crippen LogP contribution in [0.25, 0.3) is 0 Å². The molecule has 0 spiro atoms. The molecule has 0 radical (unpaired) electrons. The van der Waals surface area contributed by atoms with E-state index in [0.717, 1.165) is 19.3 Å². The van der Waals surface area contributed by atoms with E-state index in [4.69, 9.17) is 9.16 Å². The van der Waals surface area contributed by atoms with Crippen molar-refractivity contribution in [3.8, 4) is 0 Å². The highest BCUT2D eigenvalue weighted by Gasteiger charge is 2.42. The summed E-state index contributed by atoms with van der Waals surface area (Å²) in [6.07, 6.45) is 17.1. The van der Waals surface area contributed by atoms with Gasteiger partial charge >= 0.3 is 0 Å². The predicted octanol–water partition coefficient (Wildman–Crippen LogP) is 7.23. The largest absolute Gasteiger partial charge is 0.411 e. The van der Waals surface area contributed by atoms with Gasteiger partial charge in [0, 0.05) is 0 Å². The summed E-state index contributed by atoms with van der Waals surface area (Å²) in [5.41, 5.74) is 0. The molecule has 0 amide bonds. The monoisotopic (exact) mass is 414 g/mol. The first-order chi connectivity index (χ1) is 13.2. The maximum Gasteiger partial charge on any atom is 0.192 e. The van der Waals surface area contributed by atoms with Crippen LogP contribution in [0.4, 0.5) is 0 Å². The number of aliphatic hydroxyl groups is 1. The van der Waals surface area contributed by atoms with Gasteiger partial charge in [-0.3, -0.25) is 0 Å². The second kappa shape index (κ2) is 13.4. The molecule has 0 saturated carbocycles. The third kappa shape index (κ3) is 9.73. The molecule has 1 rings (SSSR count). The summed E-state index contributed by atoms with van der Waals surface area (Å²) in [5, 5.41) is 9.66. The fourth-order valence-electron chi connectivity index (χ4n) is 3.85. The summed E-state index contributed by atoms with van der Waals surface area (Å²) < 4.78 is 12.9. The highest BCUT2D eigenvalue weighted by atomic mass is 28.4. The summed E-state index contributed by atoms with van der Waals surface area (Å²) in [4.78, 5) is 0. The molecule has 1 aliphatic heterocycles. The molecule has 0 aliphatic carbocycles. The van der Waals surface area contributed by atoms with Crippen LogP contribution in [0.2, 0.25) is 18.1 Å². The van der Waals surface area contributed by atoms with E-state index in [0.29, 0.717) is 0 Å². The molecule has 0 aromatic carbocycles. The standard InChI is InChI=1S/C24H50O3Si/c1-7-8-9-10-11-12-13-14-15-16-17-23(22-19-18-21(20-25)26-22)27-28(5,6)24(2,3)4/h21-23,25H,7-20H2,1-6H3/t21-,22-,23+/m0/s1. The zero-order chi connectivity index (χ0) is 21.0. The van der Waals surface area contributed by atoms with Crippen molar-refractivity contribution in [2.75, 3.05) is 6.61 Å². The van der Waals surface area contributed by atoms with Crippen LogP contribution >= 0.6 is 0 Å². The molecule has 4 heteroatoms. The SMILES string of the molecule is CCCCCCCCCCCC[C@@H](O[Si](C)(C)C(C)(C)C)[C@@H]1CC[C@@H](CO)O1. The van der Waals surface area contributed by atoms with Crippen molar-refractivity contribution in [2.45, 2.75) is 148 Å². The Kier molecular flexibility index (Phi) is 12.5. The van der Waals surface area contributed by atoms with E-state index in [1.54, 1.807) is 0 Å². The highest BCUT2D eigenvalue weighted by molar-refractivity contribution is 6.74. The second-order valence-electron chi connectivity index (χ2n) is 10.4. The molecule has 0 aromatic heterocycles. The number of ether oxygens (including phenoxy) is 1. The van der Waals surface area contributed by atoms with E-state index in [-0.39, 0.29) is 30.0 Å². The molecule has 3 atom stereocenters. The van der Waals surface area contributed by atoms with E-state index in [1.165, 1.54) is 64.2 Å². The van der Waals surface area contributed by atoms with Gasteiger partial charge in [0.15, 0.2) is 8.32 Å². The number of hydrogen-bond donors (Lipinski definition) is 1. The number of hydrogen-bond acceptors (Lipinski definition) is 3. The summed E-state index contributed by atoms with van der Waals surface area (Å²) >= 11 is 0. The Morgan fingerprint density at radius 2 is 1.46 bits per heavy atom. The zero-order valence-corrected chi connectivity index (χ0v) is 20.9. The van der Waals surface area contributed by atoms with E-state index in [1.807, 2.05) is 0 Å². The predicted molar refractivity (Wildman–Crippen MR) is 124 cm³/mol. The first-order valence-electron chi connectivity index (χ1n) is 12.2. The van der Waals surface area contributed by atoms with Gasteiger partial charge in [-0.15, -0.1) is 0 Å². The van der Waals surface area contributed by atoms with Crippen molar-refractivity contribution in [1.82, 2.24) is 0 Å². The topological polar surface area (TPSA) is 38.7 Å². The summed E-state index contributed by atoms with van der Waals surface area (Å²) in [6, 6.07) is 0. The molecule has 1 N–H and O–H groups in total. The maximum atomic E-state index is 9.43. The molecule has 1 aliphatic rings. The van der Waals surface area contributed by atoms with E-state index >= 15 is 0 Å². The lowest BCUT2D eigenvalue weighted by Gasteiger charge is -2.41. The third-order valence-corrected chi connectivity index (χ3v) is 11.4. The van der Waals surface area contributed by atoms with Crippen LogP contribution in [0.1, 0.15) is 111 Å². The fraction of sp³-hybridized carbons (Fsp3) is 1.00. The molecule has 28 heavy (non-hydrogen) atoms. The first-order valence-corrected chi connectivity index (χ1v) is 15.1. The molecule has 1 fully saturated rings. The normalized spacial score (nSPS) is 22.0. The van der Waals surface area contributed by atoms with Gasteiger partial charge in [-0.1, -0.05) is 91.9 Å². The van der Waals surface area contributed by atoms with Gasteiger partial charge in [0.1, 0.15) is 0 Å². The number of unbranched alkanes of at least 4 members (excludes halogenated alkanes) is 9. The average Bonchev–Trinajstić information content (AvgIpc) is 3.10. The molecule has 3 nitrogen and oxygen atoms in total. The summed E-state index contributed by atoms with van der Waals surface area (Å²) in [6.45, 7) is 14.0. The Balaban J connectivity index is 2.36. The smallest absolute Gasteiger partial charge is 0.192 e. The highest BCUT2D eigenvalue weighted by Crippen LogP contribution is 2.39. The van der Waals surface area contributed by atoms with Crippen LogP contribution in [0.5, 0.6) is 0 Å². The third-order valence-electron chi connectivity index (χ3n) is 6.85. The molecule has 0 unspecified atom stereocenters. The zero-order valence-electron chi connectivity index (χ0n) is 19.9. The van der Waals surface area contributed by atoms with E-state index in [2.05, 4.69) is 40.8 Å². The van der Waals surface area contributed by atoms with Gasteiger partial charge in [-0.2, -0.15) is 0 Å². The molecular formula is C24H50O3Si. The van der Waals surface area contributed by atoms with Crippen LogP contribution in [0, 0.1) is 0 Å². The molecule has 1 saturated heterocycles. The molecular weight excluding hydrogens is 364 g/mol. The lowest BCUT2D eigenvalue weighted by molar-refractivity contribution is -0.0468. The Labute approximate surface area is 177 Å². The Bertz CT molecular complexity index is 392. The Hall–Kier alpha value is 0.0969. The summed E-state index contributed by atoms with van der Waals surface area (Å²) in [5.74, 6) is 0. The average molecular weight is 415 g/mol. The van der Waals surface area contributed by atoms with E-state index in [9.17, 15) is 5.11 Å². The van der Waals surface area contributed by atoms with Gasteiger partial charge in [0.05, 0.1) is 24.9 Å². The Morgan fingerprint density at radius 3 is 1.93 bits per heavy atom. The lowest BCUT2D eigenvalue weighted by atomic mass is 10.0. The van der Waals surface area contributed by atoms with Crippen molar-refractivity contribution < 1.29 is 14.3 Å². The first kappa shape index (κ1) is 26.1. The van der Waals surface area contributed by atoms with Crippen LogP contribution < -0.4 is 0 Å². The van der Waals surface area contributed by atoms with Gasteiger partial charge in [0.25, 0.3) is 0 Å². The van der Waals surface area contributed by atoms with Gasteiger partial charge in [-0.05, 0) is 37.4 Å². The number of rotatable bonds is 15. The van der Waals surface area contributed by atoms with Crippen molar-refractivity contribution in [3.05, 3.63) is 0 Å². The van der Waals surface area contributed by atoms with Crippen molar-refractivity contribution >= 4 is 8.32 Å². The second-order valence-corrected chi connectivity index (χ2v) is 15.2. The fourth-order valence-corrected chi connectivity index (χ4v) is 5.23. The van der Waals surface area contributed by atoms with Crippen molar-refractivity contribution in [1.29, 1.82) is 0 Å². The Morgan fingerprint density at radius 1 is 0.929 bits per heavy atom. The molecule has 1 heterocycles. The van der Waals surface area contributed by atoms with Crippen molar-refractivity contribution in [3.63, 3.8) is 0 Å². The molecule has 168 valence electrons. The minimum atomic E-state index is -1.81. The molecule has 0 aromatic rings.